The summed E-state index contributed by atoms with van der Waals surface area (Å²) in [6.45, 7) is 4.83. The monoisotopic (exact) mass is 301 g/mol. The maximum atomic E-state index is 11.9. The van der Waals surface area contributed by atoms with Crippen LogP contribution < -0.4 is 5.56 Å². The summed E-state index contributed by atoms with van der Waals surface area (Å²) >= 11 is 1.41. The minimum Gasteiger partial charge on any atom is -0.370 e. The Hall–Kier alpha value is -1.79. The van der Waals surface area contributed by atoms with Crippen molar-refractivity contribution in [2.24, 2.45) is 0 Å². The summed E-state index contributed by atoms with van der Waals surface area (Å²) in [5.41, 5.74) is 2.69. The lowest BCUT2D eigenvalue weighted by Crippen LogP contribution is -2.35. The van der Waals surface area contributed by atoms with Crippen LogP contribution in [0.4, 0.5) is 0 Å². The summed E-state index contributed by atoms with van der Waals surface area (Å²) in [5.74, 6) is 0. The van der Waals surface area contributed by atoms with E-state index in [9.17, 15) is 4.79 Å². The van der Waals surface area contributed by atoms with Gasteiger partial charge < -0.3 is 9.72 Å². The van der Waals surface area contributed by atoms with Crippen LogP contribution in [0.15, 0.2) is 17.2 Å². The third-order valence-corrected chi connectivity index (χ3v) is 5.37. The second kappa shape index (κ2) is 4.35. The number of nitrogens with one attached hydrogen (secondary N) is 1. The highest BCUT2D eigenvalue weighted by Gasteiger charge is 2.30. The Morgan fingerprint density at radius 1 is 1.52 bits per heavy atom. The predicted molar refractivity (Wildman–Crippen MR) is 82.7 cm³/mol. The van der Waals surface area contributed by atoms with Crippen LogP contribution in [0.5, 0.6) is 0 Å². The second-order valence-electron chi connectivity index (χ2n) is 5.73. The Balaban J connectivity index is 1.98. The number of rotatable bonds is 1. The van der Waals surface area contributed by atoms with E-state index >= 15 is 0 Å². The van der Waals surface area contributed by atoms with Crippen molar-refractivity contribution in [2.75, 3.05) is 0 Å². The van der Waals surface area contributed by atoms with Crippen molar-refractivity contribution in [1.82, 2.24) is 15.0 Å². The molecule has 0 bridgehead atoms. The van der Waals surface area contributed by atoms with Crippen LogP contribution in [-0.4, -0.2) is 20.6 Å². The summed E-state index contributed by atoms with van der Waals surface area (Å²) in [7, 11) is 0. The van der Waals surface area contributed by atoms with Gasteiger partial charge in [-0.25, -0.2) is 9.97 Å². The summed E-state index contributed by atoms with van der Waals surface area (Å²) in [4.78, 5) is 24.5. The molecule has 21 heavy (non-hydrogen) atoms. The molecule has 0 aliphatic carbocycles. The number of thiophene rings is 1. The van der Waals surface area contributed by atoms with E-state index in [4.69, 9.17) is 9.72 Å². The van der Waals surface area contributed by atoms with Crippen molar-refractivity contribution in [3.05, 3.63) is 34.0 Å². The standard InChI is InChI=1S/C15H15N3O2S/c1-3-15(2)5-10-8(6-20-15)4-9-11-12(21-14(9)18-10)13(19)17-7-16-11/h4,7H,3,5-6H2,1-2H3,(H,16,17,19). The van der Waals surface area contributed by atoms with Crippen LogP contribution >= 0.6 is 11.3 Å². The first kappa shape index (κ1) is 12.9. The molecule has 6 heteroatoms. The van der Waals surface area contributed by atoms with E-state index in [2.05, 4.69) is 29.9 Å². The molecule has 1 N–H and O–H groups in total. The number of H-pyrrole nitrogens is 1. The molecule has 3 aromatic rings. The highest BCUT2D eigenvalue weighted by Crippen LogP contribution is 2.35. The molecule has 5 nitrogen and oxygen atoms in total. The van der Waals surface area contributed by atoms with Gasteiger partial charge in [0.15, 0.2) is 0 Å². The number of hydrogen-bond acceptors (Lipinski definition) is 5. The van der Waals surface area contributed by atoms with Gasteiger partial charge in [0.2, 0.25) is 0 Å². The zero-order valence-corrected chi connectivity index (χ0v) is 12.7. The van der Waals surface area contributed by atoms with E-state index in [0.717, 1.165) is 39.8 Å². The molecular weight excluding hydrogens is 286 g/mol. The topological polar surface area (TPSA) is 67.9 Å². The highest BCUT2D eigenvalue weighted by atomic mass is 32.1. The molecule has 0 fully saturated rings. The van der Waals surface area contributed by atoms with Crippen molar-refractivity contribution in [1.29, 1.82) is 0 Å². The first-order valence-corrected chi connectivity index (χ1v) is 7.84. The third-order valence-electron chi connectivity index (χ3n) is 4.29. The first-order valence-electron chi connectivity index (χ1n) is 7.02. The van der Waals surface area contributed by atoms with Gasteiger partial charge in [0.25, 0.3) is 5.56 Å². The average molecular weight is 301 g/mol. The Morgan fingerprint density at radius 3 is 3.19 bits per heavy atom. The predicted octanol–water partition coefficient (Wildman–Crippen LogP) is 2.77. The van der Waals surface area contributed by atoms with Gasteiger partial charge >= 0.3 is 0 Å². The first-order chi connectivity index (χ1) is 10.1. The Bertz CT molecular complexity index is 914. The normalized spacial score (nSPS) is 21.8. The van der Waals surface area contributed by atoms with Gasteiger partial charge in [-0.1, -0.05) is 6.92 Å². The lowest BCUT2D eigenvalue weighted by molar-refractivity contribution is -0.0573. The quantitative estimate of drug-likeness (QED) is 0.750. The second-order valence-corrected chi connectivity index (χ2v) is 6.73. The van der Waals surface area contributed by atoms with Crippen LogP contribution in [0, 0.1) is 0 Å². The number of hydrogen-bond donors (Lipinski definition) is 1. The smallest absolute Gasteiger partial charge is 0.268 e. The minimum absolute atomic E-state index is 0.101. The van der Waals surface area contributed by atoms with E-state index in [1.54, 1.807) is 0 Å². The number of aromatic amines is 1. The molecule has 3 aromatic heterocycles. The molecular formula is C15H15N3O2S. The molecule has 4 rings (SSSR count). The van der Waals surface area contributed by atoms with Gasteiger partial charge in [-0.15, -0.1) is 11.3 Å². The molecule has 1 unspecified atom stereocenters. The summed E-state index contributed by atoms with van der Waals surface area (Å²) < 4.78 is 6.62. The Kier molecular flexibility index (Phi) is 2.68. The fourth-order valence-electron chi connectivity index (χ4n) is 2.75. The van der Waals surface area contributed by atoms with E-state index in [1.165, 1.54) is 17.7 Å². The van der Waals surface area contributed by atoms with Crippen molar-refractivity contribution in [2.45, 2.75) is 38.9 Å². The van der Waals surface area contributed by atoms with Gasteiger partial charge in [0.1, 0.15) is 9.53 Å². The number of fused-ring (bicyclic) bond motifs is 4. The van der Waals surface area contributed by atoms with Crippen molar-refractivity contribution < 1.29 is 4.74 Å². The largest absolute Gasteiger partial charge is 0.370 e. The van der Waals surface area contributed by atoms with Crippen LogP contribution in [0.2, 0.25) is 0 Å². The lowest BCUT2D eigenvalue weighted by Gasteiger charge is -2.33. The molecule has 1 aliphatic heterocycles. The number of ether oxygens (including phenoxy) is 1. The maximum absolute atomic E-state index is 11.9. The van der Waals surface area contributed by atoms with Crippen molar-refractivity contribution in [3.8, 4) is 0 Å². The zero-order chi connectivity index (χ0) is 14.6. The average Bonchev–Trinajstić information content (AvgIpc) is 2.84. The molecule has 1 atom stereocenters. The number of pyridine rings is 1. The van der Waals surface area contributed by atoms with Crippen LogP contribution in [0.1, 0.15) is 31.5 Å². The molecule has 0 amide bonds. The molecule has 4 heterocycles. The van der Waals surface area contributed by atoms with E-state index in [1.807, 2.05) is 0 Å². The Labute approximate surface area is 125 Å². The van der Waals surface area contributed by atoms with E-state index < -0.39 is 0 Å². The Morgan fingerprint density at radius 2 is 2.38 bits per heavy atom. The van der Waals surface area contributed by atoms with E-state index in [-0.39, 0.29) is 11.2 Å². The molecule has 0 aromatic carbocycles. The lowest BCUT2D eigenvalue weighted by atomic mass is 9.91. The highest BCUT2D eigenvalue weighted by molar-refractivity contribution is 7.25. The maximum Gasteiger partial charge on any atom is 0.268 e. The summed E-state index contributed by atoms with van der Waals surface area (Å²) in [6.07, 6.45) is 3.22. The molecule has 0 saturated carbocycles. The molecule has 108 valence electrons. The van der Waals surface area contributed by atoms with Crippen LogP contribution in [0.3, 0.4) is 0 Å². The third kappa shape index (κ3) is 1.90. The molecule has 1 aliphatic rings. The number of aromatic nitrogens is 3. The minimum atomic E-state index is -0.139. The fourth-order valence-corrected chi connectivity index (χ4v) is 3.78. The fraction of sp³-hybridized carbons (Fsp3) is 0.400. The van der Waals surface area contributed by atoms with Gasteiger partial charge in [-0.2, -0.15) is 0 Å². The van der Waals surface area contributed by atoms with Gasteiger partial charge in [0.05, 0.1) is 29.7 Å². The van der Waals surface area contributed by atoms with Crippen molar-refractivity contribution in [3.63, 3.8) is 0 Å². The molecule has 0 radical (unpaired) electrons. The van der Waals surface area contributed by atoms with Crippen LogP contribution in [-0.2, 0) is 17.8 Å². The number of nitrogens with zero attached hydrogens (tertiary/aromatic N) is 2. The van der Waals surface area contributed by atoms with Gasteiger partial charge in [-0.3, -0.25) is 4.79 Å². The van der Waals surface area contributed by atoms with Crippen LogP contribution in [0.25, 0.3) is 20.4 Å². The molecule has 0 spiro atoms. The summed E-state index contributed by atoms with van der Waals surface area (Å²) in [6, 6.07) is 2.08. The van der Waals surface area contributed by atoms with Gasteiger partial charge in [0, 0.05) is 17.4 Å². The van der Waals surface area contributed by atoms with Gasteiger partial charge in [-0.05, 0) is 19.4 Å². The SMILES string of the molecule is CCC1(C)Cc2nc3sc4c(=O)[nH]cnc4c3cc2CO1. The zero-order valence-electron chi connectivity index (χ0n) is 11.9. The van der Waals surface area contributed by atoms with E-state index in [0.29, 0.717) is 11.3 Å². The summed E-state index contributed by atoms with van der Waals surface area (Å²) in [5, 5.41) is 0.948. The molecule has 0 saturated heterocycles. The van der Waals surface area contributed by atoms with Crippen molar-refractivity contribution >= 4 is 31.8 Å².